The Kier molecular flexibility index (Phi) is 102. The number of hydrogen-bond donors (Lipinski definition) is 0. The zero-order valence-corrected chi connectivity index (χ0v) is 12.6. The van der Waals surface area contributed by atoms with Gasteiger partial charge in [0.05, 0.1) is 0 Å². The van der Waals surface area contributed by atoms with Gasteiger partial charge in [0.2, 0.25) is 0 Å². The van der Waals surface area contributed by atoms with E-state index in [0.717, 1.165) is 13.2 Å². The number of halogens is 5. The molecular formula is C4H8Cl5OTa. The molecule has 1 heterocycles. The van der Waals surface area contributed by atoms with Gasteiger partial charge in [0, 0.05) is 13.2 Å². The predicted molar refractivity (Wildman–Crippen MR) is 20.1 cm³/mol. The number of rotatable bonds is 0. The Morgan fingerprint density at radius 2 is 0.909 bits per heavy atom. The second-order valence-corrected chi connectivity index (χ2v) is 1.32. The average Bonchev–Trinajstić information content (AvgIpc) is 1.76. The molecule has 1 fully saturated rings. The van der Waals surface area contributed by atoms with E-state index >= 15 is 0 Å². The summed E-state index contributed by atoms with van der Waals surface area (Å²) in [5, 5.41) is 0. The molecule has 0 aromatic heterocycles. The van der Waals surface area contributed by atoms with Crippen molar-refractivity contribution in [2.75, 3.05) is 13.2 Å². The maximum Gasteiger partial charge on any atom is 5.00 e. The SMILES string of the molecule is C1CCOC1.[Cl-].[Cl-].[Cl-].[Cl-].[Cl-].[Ta+5]. The Labute approximate surface area is 114 Å². The third-order valence-corrected chi connectivity index (χ3v) is 0.827. The quantitative estimate of drug-likeness (QED) is 0.371. The van der Waals surface area contributed by atoms with Crippen LogP contribution < -0.4 is 62.0 Å². The van der Waals surface area contributed by atoms with Gasteiger partial charge in [-0.2, -0.15) is 0 Å². The van der Waals surface area contributed by atoms with Crippen LogP contribution in [0.25, 0.3) is 0 Å². The van der Waals surface area contributed by atoms with Crippen LogP contribution in [0, 0.1) is 0 Å². The van der Waals surface area contributed by atoms with E-state index in [2.05, 4.69) is 0 Å². The van der Waals surface area contributed by atoms with Gasteiger partial charge < -0.3 is 66.8 Å². The standard InChI is InChI=1S/C4H8O.5ClH.Ta/c1-2-4-5-3-1;;;;;;/h1-4H2;5*1H;/q;;;;;;+5/p-5. The van der Waals surface area contributed by atoms with Gasteiger partial charge in [0.1, 0.15) is 0 Å². The Bertz CT molecular complexity index is 30.1. The summed E-state index contributed by atoms with van der Waals surface area (Å²) in [7, 11) is 0. The Hall–Kier alpha value is 2.15. The molecule has 0 amide bonds. The minimum atomic E-state index is 0. The second-order valence-electron chi connectivity index (χ2n) is 1.32. The van der Waals surface area contributed by atoms with Crippen LogP contribution in [0.15, 0.2) is 0 Å². The summed E-state index contributed by atoms with van der Waals surface area (Å²) >= 11 is 0. The van der Waals surface area contributed by atoms with Crippen molar-refractivity contribution in [3.05, 3.63) is 0 Å². The van der Waals surface area contributed by atoms with E-state index in [0.29, 0.717) is 0 Å². The molecule has 0 bridgehead atoms. The Morgan fingerprint density at radius 3 is 1.00 bits per heavy atom. The second kappa shape index (κ2) is 29.5. The van der Waals surface area contributed by atoms with Crippen molar-refractivity contribution in [1.82, 2.24) is 0 Å². The molecule has 0 aliphatic carbocycles. The van der Waals surface area contributed by atoms with Crippen LogP contribution in [0.5, 0.6) is 0 Å². The molecule has 11 heavy (non-hydrogen) atoms. The molecule has 70 valence electrons. The van der Waals surface area contributed by atoms with Crippen LogP contribution in [0.1, 0.15) is 12.8 Å². The van der Waals surface area contributed by atoms with Gasteiger partial charge >= 0.3 is 22.4 Å². The van der Waals surface area contributed by atoms with E-state index in [1.54, 1.807) is 0 Å². The molecule has 0 atom stereocenters. The summed E-state index contributed by atoms with van der Waals surface area (Å²) in [4.78, 5) is 0. The van der Waals surface area contributed by atoms with Gasteiger partial charge in [0.25, 0.3) is 0 Å². The van der Waals surface area contributed by atoms with Crippen molar-refractivity contribution in [2.45, 2.75) is 12.8 Å². The smallest absolute Gasteiger partial charge is 1.00 e. The van der Waals surface area contributed by atoms with Crippen molar-refractivity contribution in [2.24, 2.45) is 0 Å². The molecule has 1 saturated heterocycles. The zero-order valence-electron chi connectivity index (χ0n) is 5.57. The third-order valence-electron chi connectivity index (χ3n) is 0.827. The first-order valence-corrected chi connectivity index (χ1v) is 2.08. The molecule has 1 rings (SSSR count). The first-order valence-electron chi connectivity index (χ1n) is 2.08. The molecule has 0 spiro atoms. The summed E-state index contributed by atoms with van der Waals surface area (Å²) in [5.74, 6) is 0. The molecular weight excluding hydrogens is 422 g/mol. The van der Waals surface area contributed by atoms with Gasteiger partial charge in [-0.15, -0.1) is 0 Å². The number of ether oxygens (including phenoxy) is 1. The predicted octanol–water partition coefficient (Wildman–Crippen LogP) is -14.2. The summed E-state index contributed by atoms with van der Waals surface area (Å²) in [6, 6.07) is 0. The Morgan fingerprint density at radius 1 is 0.636 bits per heavy atom. The van der Waals surface area contributed by atoms with Crippen LogP contribution in [0.3, 0.4) is 0 Å². The maximum absolute atomic E-state index is 4.94. The fourth-order valence-corrected chi connectivity index (χ4v) is 0.510. The largest absolute Gasteiger partial charge is 5.00 e. The van der Waals surface area contributed by atoms with E-state index in [1.807, 2.05) is 0 Å². The summed E-state index contributed by atoms with van der Waals surface area (Å²) in [6.45, 7) is 2.00. The van der Waals surface area contributed by atoms with Gasteiger partial charge in [-0.05, 0) is 12.8 Å². The van der Waals surface area contributed by atoms with Crippen LogP contribution >= 0.6 is 0 Å². The topological polar surface area (TPSA) is 9.23 Å². The third kappa shape index (κ3) is 24.5. The average molecular weight is 430 g/mol. The summed E-state index contributed by atoms with van der Waals surface area (Å²) in [5.41, 5.74) is 0. The van der Waals surface area contributed by atoms with Gasteiger partial charge in [0.15, 0.2) is 0 Å². The van der Waals surface area contributed by atoms with Crippen LogP contribution in [-0.2, 0) is 27.1 Å². The van der Waals surface area contributed by atoms with Crippen molar-refractivity contribution >= 4 is 0 Å². The minimum absolute atomic E-state index is 0. The molecule has 0 radical (unpaired) electrons. The van der Waals surface area contributed by atoms with Crippen molar-refractivity contribution in [3.8, 4) is 0 Å². The van der Waals surface area contributed by atoms with E-state index in [4.69, 9.17) is 4.74 Å². The van der Waals surface area contributed by atoms with Crippen LogP contribution in [-0.4, -0.2) is 13.2 Å². The fourth-order valence-electron chi connectivity index (χ4n) is 0.510. The Balaban J connectivity index is -0.0000000104. The zero-order chi connectivity index (χ0) is 3.54. The van der Waals surface area contributed by atoms with Crippen molar-refractivity contribution < 1.29 is 89.2 Å². The first kappa shape index (κ1) is 38.0. The molecule has 0 aromatic rings. The van der Waals surface area contributed by atoms with Gasteiger partial charge in [-0.25, -0.2) is 0 Å². The van der Waals surface area contributed by atoms with Gasteiger partial charge in [-0.3, -0.25) is 0 Å². The molecule has 1 aliphatic rings. The van der Waals surface area contributed by atoms with Crippen molar-refractivity contribution in [3.63, 3.8) is 0 Å². The fraction of sp³-hybridized carbons (Fsp3) is 1.00. The van der Waals surface area contributed by atoms with Crippen molar-refractivity contribution in [1.29, 1.82) is 0 Å². The summed E-state index contributed by atoms with van der Waals surface area (Å²) in [6.07, 6.45) is 2.56. The van der Waals surface area contributed by atoms with Gasteiger partial charge in [-0.1, -0.05) is 0 Å². The molecule has 0 N–H and O–H groups in total. The van der Waals surface area contributed by atoms with E-state index < -0.39 is 0 Å². The summed E-state index contributed by atoms with van der Waals surface area (Å²) < 4.78 is 4.94. The molecule has 0 unspecified atom stereocenters. The van der Waals surface area contributed by atoms with Crippen LogP contribution in [0.4, 0.5) is 0 Å². The molecule has 1 aliphatic heterocycles. The monoisotopic (exact) mass is 428 g/mol. The van der Waals surface area contributed by atoms with E-state index in [-0.39, 0.29) is 84.4 Å². The molecule has 0 saturated carbocycles. The molecule has 7 heteroatoms. The van der Waals surface area contributed by atoms with E-state index in [1.165, 1.54) is 12.8 Å². The normalized spacial score (nSPS) is 10.9. The molecule has 0 aromatic carbocycles. The first-order chi connectivity index (χ1) is 2.50. The van der Waals surface area contributed by atoms with Crippen LogP contribution in [0.2, 0.25) is 0 Å². The minimum Gasteiger partial charge on any atom is -1.00 e. The van der Waals surface area contributed by atoms with E-state index in [9.17, 15) is 0 Å². The molecule has 1 nitrogen and oxygen atoms in total. The maximum atomic E-state index is 4.94. The number of hydrogen-bond acceptors (Lipinski definition) is 1.